The number of nitrogens with one attached hydrogen (secondary N) is 1. The molecule has 4 rings (SSSR count). The summed E-state index contributed by atoms with van der Waals surface area (Å²) in [6.07, 6.45) is 3.38. The van der Waals surface area contributed by atoms with Gasteiger partial charge in [0.05, 0.1) is 7.11 Å². The van der Waals surface area contributed by atoms with Crippen molar-refractivity contribution in [3.63, 3.8) is 0 Å². The largest absolute Gasteiger partial charge is 0.479 e. The Kier molecular flexibility index (Phi) is 5.61. The summed E-state index contributed by atoms with van der Waals surface area (Å²) in [5.41, 5.74) is 3.04. The molecular weight excluding hydrogens is 386 g/mol. The van der Waals surface area contributed by atoms with E-state index in [9.17, 15) is 9.59 Å². The number of aromatic amines is 1. The number of ether oxygens (including phenoxy) is 1. The molecule has 1 fully saturated rings. The van der Waals surface area contributed by atoms with E-state index < -0.39 is 0 Å². The van der Waals surface area contributed by atoms with E-state index in [1.807, 2.05) is 24.8 Å². The van der Waals surface area contributed by atoms with Crippen molar-refractivity contribution in [3.05, 3.63) is 45.2 Å². The highest BCUT2D eigenvalue weighted by atomic mass is 16.5. The van der Waals surface area contributed by atoms with Gasteiger partial charge in [-0.25, -0.2) is 9.50 Å². The summed E-state index contributed by atoms with van der Waals surface area (Å²) < 4.78 is 11.7. The molecule has 4 heterocycles. The maximum absolute atomic E-state index is 12.7. The molecule has 0 aromatic carbocycles. The van der Waals surface area contributed by atoms with Crippen molar-refractivity contribution >= 4 is 11.6 Å². The molecule has 0 aliphatic carbocycles. The number of carbonyl (C=O) groups is 1. The van der Waals surface area contributed by atoms with Gasteiger partial charge >= 0.3 is 0 Å². The number of hydrogen-bond acceptors (Lipinski definition) is 6. The minimum Gasteiger partial charge on any atom is -0.479 e. The summed E-state index contributed by atoms with van der Waals surface area (Å²) in [5, 5.41) is 6.99. The fourth-order valence-electron chi connectivity index (χ4n) is 4.16. The van der Waals surface area contributed by atoms with Crippen LogP contribution < -0.4 is 10.3 Å². The van der Waals surface area contributed by atoms with Crippen LogP contribution in [0.4, 0.5) is 0 Å². The minimum atomic E-state index is -0.0440. The van der Waals surface area contributed by atoms with Crippen LogP contribution >= 0.6 is 0 Å². The molecule has 0 spiro atoms. The van der Waals surface area contributed by atoms with E-state index in [0.717, 1.165) is 36.3 Å². The second-order valence-electron chi connectivity index (χ2n) is 7.75. The SMILES string of the molecule is CCc1c(C)nc2cc(C3CCCN(C(=O)CCc4cc(OC)no4)C3)[nH]n2c1=O. The van der Waals surface area contributed by atoms with Gasteiger partial charge in [0, 0.05) is 60.9 Å². The van der Waals surface area contributed by atoms with Crippen LogP contribution in [0.1, 0.15) is 54.8 Å². The Balaban J connectivity index is 1.46. The topological polar surface area (TPSA) is 106 Å². The van der Waals surface area contributed by atoms with E-state index in [1.54, 1.807) is 6.07 Å². The van der Waals surface area contributed by atoms with Crippen LogP contribution in [-0.4, -0.2) is 50.8 Å². The molecule has 0 saturated carbocycles. The molecule has 0 radical (unpaired) electrons. The predicted octanol–water partition coefficient (Wildman–Crippen LogP) is 2.23. The zero-order valence-corrected chi connectivity index (χ0v) is 17.6. The zero-order chi connectivity index (χ0) is 21.3. The first kappa shape index (κ1) is 20.2. The molecule has 160 valence electrons. The number of carbonyl (C=O) groups excluding carboxylic acids is 1. The fraction of sp³-hybridized carbons (Fsp3) is 0.524. The van der Waals surface area contributed by atoms with E-state index in [1.165, 1.54) is 11.6 Å². The molecule has 3 aromatic heterocycles. The fourth-order valence-corrected chi connectivity index (χ4v) is 4.16. The Morgan fingerprint density at radius 2 is 2.23 bits per heavy atom. The van der Waals surface area contributed by atoms with Crippen molar-refractivity contribution in [1.82, 2.24) is 24.7 Å². The molecule has 1 amide bonds. The first-order chi connectivity index (χ1) is 14.5. The van der Waals surface area contributed by atoms with Crippen LogP contribution in [0.2, 0.25) is 0 Å². The molecule has 1 aliphatic rings. The molecule has 1 saturated heterocycles. The third kappa shape index (κ3) is 3.83. The number of amides is 1. The number of H-pyrrole nitrogens is 1. The molecule has 1 atom stereocenters. The predicted molar refractivity (Wildman–Crippen MR) is 110 cm³/mol. The maximum atomic E-state index is 12.7. The number of fused-ring (bicyclic) bond motifs is 1. The number of rotatable bonds is 6. The number of hydrogen-bond donors (Lipinski definition) is 1. The van der Waals surface area contributed by atoms with Crippen LogP contribution in [-0.2, 0) is 17.6 Å². The van der Waals surface area contributed by atoms with Crippen molar-refractivity contribution in [2.45, 2.75) is 51.9 Å². The Morgan fingerprint density at radius 1 is 1.40 bits per heavy atom. The summed E-state index contributed by atoms with van der Waals surface area (Å²) in [4.78, 5) is 31.9. The summed E-state index contributed by atoms with van der Waals surface area (Å²) in [6, 6.07) is 3.64. The van der Waals surface area contributed by atoms with Crippen LogP contribution in [0.15, 0.2) is 21.5 Å². The minimum absolute atomic E-state index is 0.0440. The van der Waals surface area contributed by atoms with Crippen LogP contribution in [0.5, 0.6) is 5.88 Å². The maximum Gasteiger partial charge on any atom is 0.276 e. The Hall–Kier alpha value is -3.10. The van der Waals surface area contributed by atoms with Crippen molar-refractivity contribution < 1.29 is 14.1 Å². The number of methoxy groups -OCH3 is 1. The van der Waals surface area contributed by atoms with Crippen LogP contribution in [0.3, 0.4) is 0 Å². The molecule has 9 nitrogen and oxygen atoms in total. The summed E-state index contributed by atoms with van der Waals surface area (Å²) in [7, 11) is 1.53. The molecule has 9 heteroatoms. The number of likely N-dealkylation sites (tertiary alicyclic amines) is 1. The highest BCUT2D eigenvalue weighted by molar-refractivity contribution is 5.76. The molecular formula is C21H27N5O4. The van der Waals surface area contributed by atoms with Gasteiger partial charge in [0.2, 0.25) is 5.91 Å². The van der Waals surface area contributed by atoms with E-state index in [2.05, 4.69) is 15.2 Å². The van der Waals surface area contributed by atoms with Gasteiger partial charge in [0.1, 0.15) is 5.76 Å². The van der Waals surface area contributed by atoms with E-state index in [4.69, 9.17) is 9.26 Å². The molecule has 3 aromatic rings. The average Bonchev–Trinajstić information content (AvgIpc) is 3.39. The summed E-state index contributed by atoms with van der Waals surface area (Å²) in [5.74, 6) is 1.29. The number of aromatic nitrogens is 4. The van der Waals surface area contributed by atoms with Gasteiger partial charge in [-0.15, -0.1) is 0 Å². The van der Waals surface area contributed by atoms with Crippen LogP contribution in [0, 0.1) is 6.92 Å². The number of piperidine rings is 1. The monoisotopic (exact) mass is 413 g/mol. The lowest BCUT2D eigenvalue weighted by Gasteiger charge is -2.32. The lowest BCUT2D eigenvalue weighted by atomic mass is 9.94. The van der Waals surface area contributed by atoms with Gasteiger partial charge in [0.15, 0.2) is 5.65 Å². The normalized spacial score (nSPS) is 16.9. The quantitative estimate of drug-likeness (QED) is 0.664. The van der Waals surface area contributed by atoms with Gasteiger partial charge in [-0.1, -0.05) is 6.92 Å². The second kappa shape index (κ2) is 8.33. The van der Waals surface area contributed by atoms with Crippen molar-refractivity contribution in [3.8, 4) is 5.88 Å². The first-order valence-corrected chi connectivity index (χ1v) is 10.4. The van der Waals surface area contributed by atoms with Crippen molar-refractivity contribution in [1.29, 1.82) is 0 Å². The third-order valence-electron chi connectivity index (χ3n) is 5.83. The molecule has 30 heavy (non-hydrogen) atoms. The van der Waals surface area contributed by atoms with Gasteiger partial charge in [-0.2, -0.15) is 0 Å². The standard InChI is InChI=1S/C21H27N5O4/c1-4-16-13(2)22-18-11-17(23-26(18)21(16)28)14-6-5-9-25(12-14)20(27)8-7-15-10-19(29-3)24-30-15/h10-11,14,23H,4-9,12H2,1-3H3. The van der Waals surface area contributed by atoms with E-state index in [-0.39, 0.29) is 17.4 Å². The molecule has 1 aliphatic heterocycles. The highest BCUT2D eigenvalue weighted by Gasteiger charge is 2.26. The summed E-state index contributed by atoms with van der Waals surface area (Å²) >= 11 is 0. The van der Waals surface area contributed by atoms with Crippen molar-refractivity contribution in [2.24, 2.45) is 0 Å². The highest BCUT2D eigenvalue weighted by Crippen LogP contribution is 2.27. The lowest BCUT2D eigenvalue weighted by Crippen LogP contribution is -2.39. The van der Waals surface area contributed by atoms with Gasteiger partial charge < -0.3 is 14.2 Å². The smallest absolute Gasteiger partial charge is 0.276 e. The number of aryl methyl sites for hydroxylation is 2. The Bertz CT molecular complexity index is 1110. The summed E-state index contributed by atoms with van der Waals surface area (Å²) in [6.45, 7) is 5.20. The Labute approximate surface area is 174 Å². The molecule has 1 N–H and O–H groups in total. The van der Waals surface area contributed by atoms with Gasteiger partial charge in [-0.05, 0) is 31.3 Å². The second-order valence-corrected chi connectivity index (χ2v) is 7.75. The zero-order valence-electron chi connectivity index (χ0n) is 17.6. The van der Waals surface area contributed by atoms with E-state index >= 15 is 0 Å². The van der Waals surface area contributed by atoms with Crippen molar-refractivity contribution in [2.75, 3.05) is 20.2 Å². The van der Waals surface area contributed by atoms with E-state index in [0.29, 0.717) is 43.1 Å². The molecule has 0 bridgehead atoms. The van der Waals surface area contributed by atoms with Gasteiger partial charge in [-0.3, -0.25) is 14.7 Å². The third-order valence-corrected chi connectivity index (χ3v) is 5.83. The molecule has 1 unspecified atom stereocenters. The van der Waals surface area contributed by atoms with Crippen LogP contribution in [0.25, 0.3) is 5.65 Å². The first-order valence-electron chi connectivity index (χ1n) is 10.4. The average molecular weight is 413 g/mol. The Morgan fingerprint density at radius 3 is 2.97 bits per heavy atom. The van der Waals surface area contributed by atoms with Gasteiger partial charge in [0.25, 0.3) is 11.4 Å². The number of nitrogens with zero attached hydrogens (tertiary/aromatic N) is 4. The lowest BCUT2D eigenvalue weighted by molar-refractivity contribution is -0.132.